The quantitative estimate of drug-likeness (QED) is 0.774. The Morgan fingerprint density at radius 2 is 1.65 bits per heavy atom. The molecule has 17 heavy (non-hydrogen) atoms. The van der Waals surface area contributed by atoms with Gasteiger partial charge in [0.05, 0.1) is 0 Å². The first-order chi connectivity index (χ1) is 8.27. The van der Waals surface area contributed by atoms with E-state index in [0.29, 0.717) is 5.92 Å². The molecule has 1 fully saturated rings. The second-order valence-electron chi connectivity index (χ2n) is 5.45. The molecular formula is C16H25N. The van der Waals surface area contributed by atoms with Gasteiger partial charge in [0, 0.05) is 5.54 Å². The zero-order chi connectivity index (χ0) is 12.1. The first kappa shape index (κ1) is 12.6. The number of benzene rings is 1. The SMILES string of the molecule is CCC(N)(c1ccccc1)C1CCCCCC1. The van der Waals surface area contributed by atoms with E-state index in [4.69, 9.17) is 5.73 Å². The van der Waals surface area contributed by atoms with Crippen LogP contribution in [0.15, 0.2) is 30.3 Å². The lowest BCUT2D eigenvalue weighted by atomic mass is 9.73. The van der Waals surface area contributed by atoms with E-state index in [0.717, 1.165) is 6.42 Å². The molecule has 1 aliphatic carbocycles. The highest BCUT2D eigenvalue weighted by Crippen LogP contribution is 2.38. The van der Waals surface area contributed by atoms with Crippen LogP contribution in [0.5, 0.6) is 0 Å². The van der Waals surface area contributed by atoms with Crippen molar-refractivity contribution in [2.75, 3.05) is 0 Å². The predicted molar refractivity (Wildman–Crippen MR) is 73.8 cm³/mol. The van der Waals surface area contributed by atoms with Gasteiger partial charge in [-0.15, -0.1) is 0 Å². The zero-order valence-electron chi connectivity index (χ0n) is 11.0. The molecule has 1 saturated carbocycles. The molecule has 1 nitrogen and oxygen atoms in total. The molecule has 0 aliphatic heterocycles. The summed E-state index contributed by atoms with van der Waals surface area (Å²) in [5, 5.41) is 0. The van der Waals surface area contributed by atoms with Gasteiger partial charge in [0.25, 0.3) is 0 Å². The minimum Gasteiger partial charge on any atom is -0.321 e. The summed E-state index contributed by atoms with van der Waals surface area (Å²) in [7, 11) is 0. The Morgan fingerprint density at radius 3 is 2.18 bits per heavy atom. The van der Waals surface area contributed by atoms with E-state index in [1.165, 1.54) is 44.1 Å². The molecule has 0 spiro atoms. The van der Waals surface area contributed by atoms with Crippen LogP contribution in [0.3, 0.4) is 0 Å². The summed E-state index contributed by atoms with van der Waals surface area (Å²) in [6.07, 6.45) is 9.16. The van der Waals surface area contributed by atoms with Crippen LogP contribution in [0, 0.1) is 5.92 Å². The van der Waals surface area contributed by atoms with E-state index in [-0.39, 0.29) is 5.54 Å². The largest absolute Gasteiger partial charge is 0.321 e. The van der Waals surface area contributed by atoms with Crippen LogP contribution in [0.4, 0.5) is 0 Å². The number of hydrogen-bond donors (Lipinski definition) is 1. The van der Waals surface area contributed by atoms with Gasteiger partial charge in [0.2, 0.25) is 0 Å². The fraction of sp³-hybridized carbons (Fsp3) is 0.625. The van der Waals surface area contributed by atoms with Crippen molar-refractivity contribution < 1.29 is 0 Å². The molecule has 1 aliphatic rings. The molecule has 0 bridgehead atoms. The highest BCUT2D eigenvalue weighted by Gasteiger charge is 2.34. The fourth-order valence-electron chi connectivity index (χ4n) is 3.27. The lowest BCUT2D eigenvalue weighted by Gasteiger charge is -2.37. The van der Waals surface area contributed by atoms with Crippen molar-refractivity contribution in [1.82, 2.24) is 0 Å². The summed E-state index contributed by atoms with van der Waals surface area (Å²) in [6, 6.07) is 10.7. The summed E-state index contributed by atoms with van der Waals surface area (Å²) >= 11 is 0. The number of nitrogens with two attached hydrogens (primary N) is 1. The van der Waals surface area contributed by atoms with E-state index < -0.39 is 0 Å². The standard InChI is InChI=1S/C16H25N/c1-2-16(17,15-12-8-5-9-13-15)14-10-6-3-4-7-11-14/h5,8-9,12-14H,2-4,6-7,10-11,17H2,1H3. The van der Waals surface area contributed by atoms with E-state index >= 15 is 0 Å². The van der Waals surface area contributed by atoms with Crippen molar-refractivity contribution in [3.63, 3.8) is 0 Å². The van der Waals surface area contributed by atoms with Gasteiger partial charge < -0.3 is 5.73 Å². The van der Waals surface area contributed by atoms with Gasteiger partial charge in [-0.1, -0.05) is 62.9 Å². The van der Waals surface area contributed by atoms with Gasteiger partial charge in [0.1, 0.15) is 0 Å². The third-order valence-electron chi connectivity index (χ3n) is 4.48. The van der Waals surface area contributed by atoms with Crippen LogP contribution in [-0.2, 0) is 5.54 Å². The average Bonchev–Trinajstić information content (AvgIpc) is 2.68. The molecule has 2 N–H and O–H groups in total. The molecule has 1 atom stereocenters. The first-order valence-corrected chi connectivity index (χ1v) is 7.12. The van der Waals surface area contributed by atoms with Crippen LogP contribution >= 0.6 is 0 Å². The lowest BCUT2D eigenvalue weighted by Crippen LogP contribution is -2.43. The second kappa shape index (κ2) is 5.68. The van der Waals surface area contributed by atoms with Gasteiger partial charge in [-0.25, -0.2) is 0 Å². The monoisotopic (exact) mass is 231 g/mol. The van der Waals surface area contributed by atoms with E-state index in [2.05, 4.69) is 37.3 Å². The van der Waals surface area contributed by atoms with Gasteiger partial charge in [-0.3, -0.25) is 0 Å². The minimum absolute atomic E-state index is 0.106. The van der Waals surface area contributed by atoms with Crippen molar-refractivity contribution in [3.05, 3.63) is 35.9 Å². The van der Waals surface area contributed by atoms with Crippen molar-refractivity contribution in [2.45, 2.75) is 57.4 Å². The summed E-state index contributed by atoms with van der Waals surface area (Å²) in [4.78, 5) is 0. The van der Waals surface area contributed by atoms with Crippen LogP contribution in [0.2, 0.25) is 0 Å². The van der Waals surface area contributed by atoms with E-state index in [9.17, 15) is 0 Å². The molecule has 0 heterocycles. The van der Waals surface area contributed by atoms with Crippen molar-refractivity contribution in [1.29, 1.82) is 0 Å². The van der Waals surface area contributed by atoms with Crippen LogP contribution in [0.1, 0.15) is 57.4 Å². The summed E-state index contributed by atoms with van der Waals surface area (Å²) in [5.74, 6) is 0.664. The number of hydrogen-bond acceptors (Lipinski definition) is 1. The highest BCUT2D eigenvalue weighted by molar-refractivity contribution is 5.25. The Balaban J connectivity index is 2.23. The van der Waals surface area contributed by atoms with Crippen LogP contribution < -0.4 is 5.73 Å². The maximum absolute atomic E-state index is 6.76. The van der Waals surface area contributed by atoms with E-state index in [1.54, 1.807) is 0 Å². The molecule has 1 unspecified atom stereocenters. The third-order valence-corrected chi connectivity index (χ3v) is 4.48. The molecule has 2 rings (SSSR count). The van der Waals surface area contributed by atoms with Crippen LogP contribution in [0.25, 0.3) is 0 Å². The van der Waals surface area contributed by atoms with Gasteiger partial charge in [-0.2, -0.15) is 0 Å². The van der Waals surface area contributed by atoms with Gasteiger partial charge >= 0.3 is 0 Å². The molecule has 0 amide bonds. The Labute approximate surface area is 105 Å². The second-order valence-corrected chi connectivity index (χ2v) is 5.45. The molecule has 94 valence electrons. The third kappa shape index (κ3) is 2.71. The fourth-order valence-corrected chi connectivity index (χ4v) is 3.27. The summed E-state index contributed by atoms with van der Waals surface area (Å²) in [6.45, 7) is 2.23. The predicted octanol–water partition coefficient (Wildman–Crippen LogP) is 4.22. The first-order valence-electron chi connectivity index (χ1n) is 7.12. The topological polar surface area (TPSA) is 26.0 Å². The molecule has 1 heteroatoms. The molecule has 0 radical (unpaired) electrons. The molecule has 1 aromatic rings. The summed E-state index contributed by atoms with van der Waals surface area (Å²) in [5.41, 5.74) is 7.99. The Bertz CT molecular complexity index is 325. The maximum Gasteiger partial charge on any atom is 0.0435 e. The van der Waals surface area contributed by atoms with Crippen LogP contribution in [-0.4, -0.2) is 0 Å². The smallest absolute Gasteiger partial charge is 0.0435 e. The Kier molecular flexibility index (Phi) is 4.22. The van der Waals surface area contributed by atoms with Crippen molar-refractivity contribution in [2.24, 2.45) is 11.7 Å². The highest BCUT2D eigenvalue weighted by atomic mass is 14.8. The Morgan fingerprint density at radius 1 is 1.06 bits per heavy atom. The van der Waals surface area contributed by atoms with Crippen molar-refractivity contribution >= 4 is 0 Å². The maximum atomic E-state index is 6.76. The molecule has 0 aromatic heterocycles. The molecular weight excluding hydrogens is 206 g/mol. The molecule has 0 saturated heterocycles. The summed E-state index contributed by atoms with van der Waals surface area (Å²) < 4.78 is 0. The zero-order valence-corrected chi connectivity index (χ0v) is 11.0. The van der Waals surface area contributed by atoms with Gasteiger partial charge in [-0.05, 0) is 30.7 Å². The van der Waals surface area contributed by atoms with Crippen molar-refractivity contribution in [3.8, 4) is 0 Å². The Hall–Kier alpha value is -0.820. The van der Waals surface area contributed by atoms with E-state index in [1.807, 2.05) is 0 Å². The van der Waals surface area contributed by atoms with Gasteiger partial charge in [0.15, 0.2) is 0 Å². The number of rotatable bonds is 3. The normalized spacial score (nSPS) is 21.8. The minimum atomic E-state index is -0.106. The lowest BCUT2D eigenvalue weighted by molar-refractivity contribution is 0.237. The average molecular weight is 231 g/mol. The molecule has 1 aromatic carbocycles.